The van der Waals surface area contributed by atoms with Crippen LogP contribution in [-0.4, -0.2) is 11.9 Å². The van der Waals surface area contributed by atoms with Gasteiger partial charge in [-0.05, 0) is 29.4 Å². The second-order valence-corrected chi connectivity index (χ2v) is 5.81. The predicted octanol–water partition coefficient (Wildman–Crippen LogP) is 4.86. The molecule has 0 heterocycles. The number of para-hydroxylation sites is 1. The van der Waals surface area contributed by atoms with Crippen molar-refractivity contribution >= 4 is 15.9 Å². The highest BCUT2D eigenvalue weighted by molar-refractivity contribution is 9.09. The summed E-state index contributed by atoms with van der Waals surface area (Å²) in [7, 11) is 0. The third-order valence-electron chi connectivity index (χ3n) is 3.08. The van der Waals surface area contributed by atoms with Crippen molar-refractivity contribution in [3.8, 4) is 5.75 Å². The molecular formula is C15H23BrO. The minimum absolute atomic E-state index is 0.512. The van der Waals surface area contributed by atoms with E-state index in [0.717, 1.165) is 17.7 Å². The first-order valence-corrected chi connectivity index (χ1v) is 7.46. The van der Waals surface area contributed by atoms with E-state index in [2.05, 4.69) is 61.8 Å². The molecule has 0 spiro atoms. The van der Waals surface area contributed by atoms with Gasteiger partial charge in [-0.25, -0.2) is 0 Å². The van der Waals surface area contributed by atoms with Gasteiger partial charge in [0.1, 0.15) is 5.75 Å². The van der Waals surface area contributed by atoms with Gasteiger partial charge in [-0.1, -0.05) is 61.8 Å². The van der Waals surface area contributed by atoms with E-state index in [1.54, 1.807) is 0 Å². The van der Waals surface area contributed by atoms with Crippen molar-refractivity contribution in [2.45, 2.75) is 33.6 Å². The zero-order chi connectivity index (χ0) is 12.8. The molecule has 1 aromatic carbocycles. The summed E-state index contributed by atoms with van der Waals surface area (Å²) in [6.07, 6.45) is 0. The van der Waals surface area contributed by atoms with Gasteiger partial charge in [0.25, 0.3) is 0 Å². The van der Waals surface area contributed by atoms with E-state index in [1.807, 2.05) is 6.07 Å². The second-order valence-electron chi connectivity index (χ2n) is 5.16. The van der Waals surface area contributed by atoms with Crippen LogP contribution in [0.2, 0.25) is 0 Å². The molecule has 0 aromatic heterocycles. The van der Waals surface area contributed by atoms with E-state index in [1.165, 1.54) is 5.56 Å². The number of ether oxygens (including phenoxy) is 1. The summed E-state index contributed by atoms with van der Waals surface area (Å²) in [5, 5.41) is 1.02. The van der Waals surface area contributed by atoms with Gasteiger partial charge < -0.3 is 4.74 Å². The summed E-state index contributed by atoms with van der Waals surface area (Å²) in [4.78, 5) is 0. The van der Waals surface area contributed by atoms with Crippen molar-refractivity contribution in [2.24, 2.45) is 11.8 Å². The third kappa shape index (κ3) is 4.34. The molecule has 96 valence electrons. The number of hydrogen-bond donors (Lipinski definition) is 0. The molecule has 1 aromatic rings. The Kier molecular flexibility index (Phi) is 6.04. The van der Waals surface area contributed by atoms with Crippen LogP contribution in [-0.2, 0) is 0 Å². The first-order valence-electron chi connectivity index (χ1n) is 6.34. The summed E-state index contributed by atoms with van der Waals surface area (Å²) in [6.45, 7) is 9.66. The number of rotatable bonds is 6. The summed E-state index contributed by atoms with van der Waals surface area (Å²) in [5.41, 5.74) is 1.32. The molecule has 0 saturated heterocycles. The molecule has 0 saturated carbocycles. The molecule has 0 amide bonds. The minimum atomic E-state index is 0.512. The Bertz CT molecular complexity index is 335. The summed E-state index contributed by atoms with van der Waals surface area (Å²) >= 11 is 3.56. The molecule has 0 radical (unpaired) electrons. The molecule has 2 unspecified atom stereocenters. The Balaban J connectivity index is 2.83. The quantitative estimate of drug-likeness (QED) is 0.682. The summed E-state index contributed by atoms with van der Waals surface area (Å²) in [6, 6.07) is 8.40. The lowest BCUT2D eigenvalue weighted by atomic mass is 9.90. The van der Waals surface area contributed by atoms with E-state index in [0.29, 0.717) is 17.8 Å². The molecule has 2 atom stereocenters. The van der Waals surface area contributed by atoms with E-state index >= 15 is 0 Å². The van der Waals surface area contributed by atoms with Gasteiger partial charge in [-0.2, -0.15) is 0 Å². The molecule has 0 N–H and O–H groups in total. The highest BCUT2D eigenvalue weighted by Crippen LogP contribution is 2.32. The average molecular weight is 299 g/mol. The highest BCUT2D eigenvalue weighted by Gasteiger charge is 2.17. The van der Waals surface area contributed by atoms with Gasteiger partial charge in [0.2, 0.25) is 0 Å². The molecule has 1 nitrogen and oxygen atoms in total. The molecule has 0 aliphatic rings. The molecule has 17 heavy (non-hydrogen) atoms. The van der Waals surface area contributed by atoms with Gasteiger partial charge in [0, 0.05) is 5.33 Å². The van der Waals surface area contributed by atoms with Gasteiger partial charge in [-0.15, -0.1) is 0 Å². The Hall–Kier alpha value is -0.500. The molecule has 0 fully saturated rings. The standard InChI is InChI=1S/C15H23BrO/c1-11(2)10-17-15-8-6-5-7-14(15)13(4)12(3)9-16/h5-8,11-13H,9-10H2,1-4H3. The molecule has 0 bridgehead atoms. The topological polar surface area (TPSA) is 9.23 Å². The zero-order valence-electron chi connectivity index (χ0n) is 11.2. The molecule has 2 heteroatoms. The lowest BCUT2D eigenvalue weighted by molar-refractivity contribution is 0.266. The van der Waals surface area contributed by atoms with Gasteiger partial charge in [0.15, 0.2) is 0 Å². The second kappa shape index (κ2) is 7.05. The zero-order valence-corrected chi connectivity index (χ0v) is 12.8. The third-order valence-corrected chi connectivity index (χ3v) is 4.10. The van der Waals surface area contributed by atoms with Crippen molar-refractivity contribution in [3.63, 3.8) is 0 Å². The smallest absolute Gasteiger partial charge is 0.122 e. The highest BCUT2D eigenvalue weighted by atomic mass is 79.9. The van der Waals surface area contributed by atoms with Crippen LogP contribution < -0.4 is 4.74 Å². The predicted molar refractivity (Wildman–Crippen MR) is 78.1 cm³/mol. The van der Waals surface area contributed by atoms with Crippen molar-refractivity contribution in [1.29, 1.82) is 0 Å². The SMILES string of the molecule is CC(C)COc1ccccc1C(C)C(C)CBr. The monoisotopic (exact) mass is 298 g/mol. The molecule has 0 aliphatic carbocycles. The number of benzene rings is 1. The number of halogens is 1. The van der Waals surface area contributed by atoms with Crippen molar-refractivity contribution in [1.82, 2.24) is 0 Å². The van der Waals surface area contributed by atoms with Gasteiger partial charge in [-0.3, -0.25) is 0 Å². The Morgan fingerprint density at radius 3 is 2.35 bits per heavy atom. The van der Waals surface area contributed by atoms with E-state index < -0.39 is 0 Å². The number of alkyl halides is 1. The van der Waals surface area contributed by atoms with Crippen molar-refractivity contribution < 1.29 is 4.74 Å². The Morgan fingerprint density at radius 2 is 1.76 bits per heavy atom. The lowest BCUT2D eigenvalue weighted by Gasteiger charge is -2.21. The molecule has 1 rings (SSSR count). The Morgan fingerprint density at radius 1 is 1.12 bits per heavy atom. The minimum Gasteiger partial charge on any atom is -0.493 e. The van der Waals surface area contributed by atoms with E-state index in [9.17, 15) is 0 Å². The van der Waals surface area contributed by atoms with Crippen LogP contribution in [0.15, 0.2) is 24.3 Å². The summed E-state index contributed by atoms with van der Waals surface area (Å²) < 4.78 is 5.90. The normalized spacial score (nSPS) is 14.7. The fourth-order valence-corrected chi connectivity index (χ4v) is 2.25. The van der Waals surface area contributed by atoms with Crippen LogP contribution in [0, 0.1) is 11.8 Å². The van der Waals surface area contributed by atoms with Crippen LogP contribution in [0.1, 0.15) is 39.2 Å². The summed E-state index contributed by atoms with van der Waals surface area (Å²) in [5.74, 6) is 2.73. The average Bonchev–Trinajstić information content (AvgIpc) is 2.34. The van der Waals surface area contributed by atoms with Gasteiger partial charge in [0.05, 0.1) is 6.61 Å². The van der Waals surface area contributed by atoms with E-state index in [4.69, 9.17) is 4.74 Å². The Labute approximate surface area is 114 Å². The van der Waals surface area contributed by atoms with Crippen LogP contribution in [0.5, 0.6) is 5.75 Å². The fourth-order valence-electron chi connectivity index (χ4n) is 1.68. The molecular weight excluding hydrogens is 276 g/mol. The van der Waals surface area contributed by atoms with Gasteiger partial charge >= 0.3 is 0 Å². The largest absolute Gasteiger partial charge is 0.493 e. The first-order chi connectivity index (χ1) is 8.06. The number of hydrogen-bond acceptors (Lipinski definition) is 1. The van der Waals surface area contributed by atoms with Crippen LogP contribution in [0.4, 0.5) is 0 Å². The maximum atomic E-state index is 5.90. The maximum Gasteiger partial charge on any atom is 0.122 e. The lowest BCUT2D eigenvalue weighted by Crippen LogP contribution is -2.11. The molecule has 0 aliphatic heterocycles. The van der Waals surface area contributed by atoms with Crippen LogP contribution in [0.25, 0.3) is 0 Å². The fraction of sp³-hybridized carbons (Fsp3) is 0.600. The van der Waals surface area contributed by atoms with Crippen LogP contribution in [0.3, 0.4) is 0 Å². The van der Waals surface area contributed by atoms with Crippen molar-refractivity contribution in [3.05, 3.63) is 29.8 Å². The van der Waals surface area contributed by atoms with Crippen molar-refractivity contribution in [2.75, 3.05) is 11.9 Å². The first kappa shape index (κ1) is 14.6. The maximum absolute atomic E-state index is 5.90. The van der Waals surface area contributed by atoms with Crippen LogP contribution >= 0.6 is 15.9 Å². The van der Waals surface area contributed by atoms with E-state index in [-0.39, 0.29) is 0 Å².